The van der Waals surface area contributed by atoms with E-state index in [1.807, 2.05) is 48.5 Å². The van der Waals surface area contributed by atoms with Gasteiger partial charge in [0.25, 0.3) is 0 Å². The molecule has 2 aromatic carbocycles. The van der Waals surface area contributed by atoms with E-state index in [-0.39, 0.29) is 6.04 Å². The number of nitrogens with one attached hydrogen (secondary N) is 1. The van der Waals surface area contributed by atoms with Crippen LogP contribution in [-0.2, 0) is 9.53 Å². The second-order valence-corrected chi connectivity index (χ2v) is 7.58. The summed E-state index contributed by atoms with van der Waals surface area (Å²) in [6.45, 7) is 2.67. The summed E-state index contributed by atoms with van der Waals surface area (Å²) in [4.78, 5) is 24.0. The number of likely N-dealkylation sites (tertiary alicyclic amines) is 1. The van der Waals surface area contributed by atoms with Crippen LogP contribution in [0.25, 0.3) is 11.0 Å². The van der Waals surface area contributed by atoms with Gasteiger partial charge in [-0.15, -0.1) is 0 Å². The van der Waals surface area contributed by atoms with E-state index in [2.05, 4.69) is 27.3 Å². The first kappa shape index (κ1) is 20.8. The van der Waals surface area contributed by atoms with Crippen LogP contribution >= 0.6 is 0 Å². The normalized spacial score (nSPS) is 15.9. The van der Waals surface area contributed by atoms with Gasteiger partial charge < -0.3 is 10.1 Å². The largest absolute Gasteiger partial charge is 0.468 e. The molecule has 31 heavy (non-hydrogen) atoms. The Labute approximate surface area is 181 Å². The van der Waals surface area contributed by atoms with Crippen LogP contribution < -0.4 is 5.32 Å². The van der Waals surface area contributed by atoms with Crippen molar-refractivity contribution in [1.29, 1.82) is 5.26 Å². The lowest BCUT2D eigenvalue weighted by Crippen LogP contribution is -2.31. The van der Waals surface area contributed by atoms with Gasteiger partial charge in [-0.2, -0.15) is 5.26 Å². The maximum Gasteiger partial charge on any atom is 0.329 e. The van der Waals surface area contributed by atoms with Gasteiger partial charge in [-0.1, -0.05) is 42.5 Å². The molecule has 1 saturated heterocycles. The quantitative estimate of drug-likeness (QED) is 0.589. The van der Waals surface area contributed by atoms with Crippen LogP contribution in [0.5, 0.6) is 0 Å². The third-order valence-corrected chi connectivity index (χ3v) is 5.67. The highest BCUT2D eigenvalue weighted by Gasteiger charge is 2.29. The van der Waals surface area contributed by atoms with Gasteiger partial charge in [0.2, 0.25) is 0 Å². The molecule has 1 aliphatic rings. The second-order valence-electron chi connectivity index (χ2n) is 7.58. The third-order valence-electron chi connectivity index (χ3n) is 5.67. The van der Waals surface area contributed by atoms with Crippen molar-refractivity contribution in [1.82, 2.24) is 14.9 Å². The number of fused-ring (bicyclic) bond motifs is 1. The Morgan fingerprint density at radius 1 is 1.10 bits per heavy atom. The van der Waals surface area contributed by atoms with Crippen LogP contribution in [0.1, 0.15) is 36.1 Å². The zero-order valence-corrected chi connectivity index (χ0v) is 17.5. The van der Waals surface area contributed by atoms with E-state index in [0.29, 0.717) is 29.1 Å². The summed E-state index contributed by atoms with van der Waals surface area (Å²) >= 11 is 0. The van der Waals surface area contributed by atoms with E-state index in [4.69, 9.17) is 9.72 Å². The molecule has 0 unspecified atom stereocenters. The number of anilines is 1. The molecule has 0 amide bonds. The van der Waals surface area contributed by atoms with Crippen molar-refractivity contribution < 1.29 is 9.53 Å². The maximum atomic E-state index is 12.3. The number of benzene rings is 2. The van der Waals surface area contributed by atoms with E-state index in [9.17, 15) is 10.1 Å². The van der Waals surface area contributed by atoms with Crippen LogP contribution in [0.15, 0.2) is 54.6 Å². The Bertz CT molecular complexity index is 1090. The summed E-state index contributed by atoms with van der Waals surface area (Å²) in [6, 6.07) is 20.0. The first-order valence-electron chi connectivity index (χ1n) is 10.5. The lowest BCUT2D eigenvalue weighted by Gasteiger charge is -2.28. The Balaban J connectivity index is 1.69. The fraction of sp³-hybridized carbons (Fsp3) is 0.333. The molecular formula is C24H25N5O2. The van der Waals surface area contributed by atoms with Crippen LogP contribution in [0.4, 0.5) is 5.82 Å². The van der Waals surface area contributed by atoms with Gasteiger partial charge in [-0.05, 0) is 43.6 Å². The molecule has 3 aromatic rings. The SMILES string of the molecule is COC(=O)[C@@H](C#N)c1nc2ccccc2nc1NC[C@@H](c1ccccc1)N1CCCC1. The third kappa shape index (κ3) is 4.49. The van der Waals surface area contributed by atoms with Crippen LogP contribution in [0.3, 0.4) is 0 Å². The summed E-state index contributed by atoms with van der Waals surface area (Å²) in [5.74, 6) is -1.35. The summed E-state index contributed by atoms with van der Waals surface area (Å²) in [5, 5.41) is 13.1. The average molecular weight is 415 g/mol. The molecule has 0 radical (unpaired) electrons. The number of nitrogens with zero attached hydrogens (tertiary/aromatic N) is 4. The van der Waals surface area contributed by atoms with Crippen molar-refractivity contribution in [2.75, 3.05) is 32.1 Å². The number of nitriles is 1. The Morgan fingerprint density at radius 2 is 1.74 bits per heavy atom. The van der Waals surface area contributed by atoms with Crippen molar-refractivity contribution in [2.45, 2.75) is 24.8 Å². The minimum absolute atomic E-state index is 0.156. The topological polar surface area (TPSA) is 91.1 Å². The molecule has 2 atom stereocenters. The number of carbonyl (C=O) groups excluding carboxylic acids is 1. The lowest BCUT2D eigenvalue weighted by molar-refractivity contribution is -0.141. The van der Waals surface area contributed by atoms with Gasteiger partial charge >= 0.3 is 5.97 Å². The smallest absolute Gasteiger partial charge is 0.329 e. The van der Waals surface area contributed by atoms with Crippen molar-refractivity contribution in [2.24, 2.45) is 0 Å². The van der Waals surface area contributed by atoms with Gasteiger partial charge in [-0.3, -0.25) is 9.69 Å². The van der Waals surface area contributed by atoms with Gasteiger partial charge in [0, 0.05) is 6.54 Å². The summed E-state index contributed by atoms with van der Waals surface area (Å²) in [5.41, 5.74) is 2.84. The summed E-state index contributed by atoms with van der Waals surface area (Å²) < 4.78 is 4.84. The fourth-order valence-electron chi connectivity index (χ4n) is 4.07. The van der Waals surface area contributed by atoms with E-state index in [0.717, 1.165) is 13.1 Å². The molecule has 0 spiro atoms. The molecular weight excluding hydrogens is 390 g/mol. The number of carbonyl (C=O) groups is 1. The molecule has 7 nitrogen and oxygen atoms in total. The maximum absolute atomic E-state index is 12.3. The number of hydrogen-bond donors (Lipinski definition) is 1. The van der Waals surface area contributed by atoms with Gasteiger partial charge in [0.05, 0.1) is 30.3 Å². The van der Waals surface area contributed by atoms with E-state index < -0.39 is 11.9 Å². The molecule has 0 bridgehead atoms. The number of ether oxygens (including phenoxy) is 1. The van der Waals surface area contributed by atoms with Crippen LogP contribution in [0, 0.1) is 11.3 Å². The molecule has 2 heterocycles. The highest BCUT2D eigenvalue weighted by atomic mass is 16.5. The monoisotopic (exact) mass is 415 g/mol. The fourth-order valence-corrected chi connectivity index (χ4v) is 4.07. The Hall–Kier alpha value is -3.50. The predicted molar refractivity (Wildman–Crippen MR) is 118 cm³/mol. The zero-order valence-electron chi connectivity index (χ0n) is 17.5. The lowest BCUT2D eigenvalue weighted by atomic mass is 10.0. The van der Waals surface area contributed by atoms with Crippen molar-refractivity contribution >= 4 is 22.8 Å². The first-order chi connectivity index (χ1) is 15.2. The Morgan fingerprint density at radius 3 is 2.39 bits per heavy atom. The molecule has 1 aliphatic heterocycles. The predicted octanol–water partition coefficient (Wildman–Crippen LogP) is 3.66. The molecule has 0 saturated carbocycles. The molecule has 1 aromatic heterocycles. The minimum atomic E-state index is -1.15. The number of methoxy groups -OCH3 is 1. The highest BCUT2D eigenvalue weighted by Crippen LogP contribution is 2.28. The molecule has 1 fully saturated rings. The van der Waals surface area contributed by atoms with Gasteiger partial charge in [-0.25, -0.2) is 9.97 Å². The van der Waals surface area contributed by atoms with Gasteiger partial charge in [0.15, 0.2) is 11.7 Å². The second kappa shape index (κ2) is 9.54. The number of hydrogen-bond acceptors (Lipinski definition) is 7. The standard InChI is InChI=1S/C24H25N5O2/c1-31-24(30)18(15-25)22-23(28-20-12-6-5-11-19(20)27-22)26-16-21(29-13-7-8-14-29)17-9-3-2-4-10-17/h2-6,9-12,18,21H,7-8,13-14,16H2,1H3,(H,26,28)/t18-,21-/m0/s1. The molecule has 158 valence electrons. The minimum Gasteiger partial charge on any atom is -0.468 e. The molecule has 0 aliphatic carbocycles. The van der Waals surface area contributed by atoms with E-state index in [1.165, 1.54) is 25.5 Å². The molecule has 7 heteroatoms. The van der Waals surface area contributed by atoms with Crippen molar-refractivity contribution in [3.8, 4) is 6.07 Å². The Kier molecular flexibility index (Phi) is 6.39. The van der Waals surface area contributed by atoms with Crippen LogP contribution in [0.2, 0.25) is 0 Å². The summed E-state index contributed by atoms with van der Waals surface area (Å²) in [7, 11) is 1.27. The number of aromatic nitrogens is 2. The first-order valence-corrected chi connectivity index (χ1v) is 10.5. The van der Waals surface area contributed by atoms with E-state index >= 15 is 0 Å². The highest BCUT2D eigenvalue weighted by molar-refractivity contribution is 5.84. The van der Waals surface area contributed by atoms with Crippen molar-refractivity contribution in [3.63, 3.8) is 0 Å². The molecule has 1 N–H and O–H groups in total. The van der Waals surface area contributed by atoms with Crippen LogP contribution in [-0.4, -0.2) is 47.6 Å². The molecule has 4 rings (SSSR count). The van der Waals surface area contributed by atoms with E-state index in [1.54, 1.807) is 0 Å². The van der Waals surface area contributed by atoms with Gasteiger partial charge in [0.1, 0.15) is 5.69 Å². The number of esters is 1. The zero-order chi connectivity index (χ0) is 21.6. The summed E-state index contributed by atoms with van der Waals surface area (Å²) in [6.07, 6.45) is 2.37. The average Bonchev–Trinajstić information content (AvgIpc) is 3.35. The van der Waals surface area contributed by atoms with Crippen molar-refractivity contribution in [3.05, 3.63) is 65.9 Å². The number of para-hydroxylation sites is 2. The number of rotatable bonds is 7.